The third-order valence-electron chi connectivity index (χ3n) is 2.95. The van der Waals surface area contributed by atoms with Gasteiger partial charge in [0.05, 0.1) is 0 Å². The Hall–Kier alpha value is -0.260. The van der Waals surface area contributed by atoms with Crippen LogP contribution in [0.3, 0.4) is 0 Å². The van der Waals surface area contributed by atoms with Crippen LogP contribution in [-0.2, 0) is 0 Å². The maximum atomic E-state index is 3.85. The molecule has 78 valence electrons. The fourth-order valence-corrected chi connectivity index (χ4v) is 2.01. The highest BCUT2D eigenvalue weighted by Crippen LogP contribution is 2.25. The van der Waals surface area contributed by atoms with E-state index in [2.05, 4.69) is 33.4 Å². The van der Waals surface area contributed by atoms with Gasteiger partial charge in [-0.25, -0.2) is 0 Å². The molecule has 0 aromatic carbocycles. The summed E-state index contributed by atoms with van der Waals surface area (Å²) in [4.78, 5) is 0. The molecule has 0 heterocycles. The zero-order valence-corrected chi connectivity index (χ0v) is 9.68. The van der Waals surface area contributed by atoms with Crippen molar-refractivity contribution < 1.29 is 0 Å². The van der Waals surface area contributed by atoms with Gasteiger partial charge in [0.15, 0.2) is 0 Å². The molecule has 0 spiro atoms. The van der Waals surface area contributed by atoms with Crippen LogP contribution in [0.5, 0.6) is 0 Å². The normalized spacial score (nSPS) is 15.3. The van der Waals surface area contributed by atoms with Crippen LogP contribution in [-0.4, -0.2) is 0 Å². The molecule has 0 aliphatic heterocycles. The fraction of sp³-hybridized carbons (Fsp3) is 0.846. The number of unbranched alkanes of at least 4 members (excludes halogenated alkanes) is 1. The van der Waals surface area contributed by atoms with Crippen LogP contribution >= 0.6 is 0 Å². The standard InChI is InChI=1S/C13H26/c1-5-8-11-13(10-7-3)12(4)9-6-2/h7,12-13H,3,5-6,8-11H2,1-2,4H3. The van der Waals surface area contributed by atoms with E-state index in [0.29, 0.717) is 0 Å². The molecule has 0 aliphatic rings. The Morgan fingerprint density at radius 3 is 2.31 bits per heavy atom. The molecule has 2 atom stereocenters. The van der Waals surface area contributed by atoms with Crippen LogP contribution in [0.4, 0.5) is 0 Å². The van der Waals surface area contributed by atoms with E-state index in [9.17, 15) is 0 Å². The summed E-state index contributed by atoms with van der Waals surface area (Å²) >= 11 is 0. The van der Waals surface area contributed by atoms with E-state index in [1.54, 1.807) is 0 Å². The maximum Gasteiger partial charge on any atom is -0.0322 e. The second-order valence-electron chi connectivity index (χ2n) is 4.19. The van der Waals surface area contributed by atoms with E-state index in [1.807, 2.05) is 0 Å². The smallest absolute Gasteiger partial charge is 0.0322 e. The van der Waals surface area contributed by atoms with E-state index < -0.39 is 0 Å². The van der Waals surface area contributed by atoms with Gasteiger partial charge in [-0.15, -0.1) is 6.58 Å². The first-order valence-electron chi connectivity index (χ1n) is 5.87. The Bertz CT molecular complexity index is 115. The predicted octanol–water partition coefficient (Wildman–Crippen LogP) is 4.81. The first-order chi connectivity index (χ1) is 6.26. The summed E-state index contributed by atoms with van der Waals surface area (Å²) in [6, 6.07) is 0. The molecule has 0 radical (unpaired) electrons. The summed E-state index contributed by atoms with van der Waals surface area (Å²) < 4.78 is 0. The monoisotopic (exact) mass is 182 g/mol. The minimum atomic E-state index is 0.884. The Balaban J connectivity index is 3.82. The van der Waals surface area contributed by atoms with Gasteiger partial charge in [-0.2, -0.15) is 0 Å². The van der Waals surface area contributed by atoms with Gasteiger partial charge >= 0.3 is 0 Å². The lowest BCUT2D eigenvalue weighted by Crippen LogP contribution is -2.10. The molecule has 0 rings (SSSR count). The van der Waals surface area contributed by atoms with Crippen LogP contribution in [0.15, 0.2) is 12.7 Å². The Morgan fingerprint density at radius 2 is 1.85 bits per heavy atom. The van der Waals surface area contributed by atoms with Gasteiger partial charge in [-0.3, -0.25) is 0 Å². The molecule has 0 heteroatoms. The van der Waals surface area contributed by atoms with Gasteiger partial charge in [0.1, 0.15) is 0 Å². The van der Waals surface area contributed by atoms with Crippen molar-refractivity contribution in [1.29, 1.82) is 0 Å². The maximum absolute atomic E-state index is 3.85. The lowest BCUT2D eigenvalue weighted by molar-refractivity contribution is 0.311. The molecule has 0 aromatic heterocycles. The highest BCUT2D eigenvalue weighted by molar-refractivity contribution is 4.76. The van der Waals surface area contributed by atoms with Crippen molar-refractivity contribution in [2.75, 3.05) is 0 Å². The molecule has 0 N–H and O–H groups in total. The van der Waals surface area contributed by atoms with E-state index in [1.165, 1.54) is 38.5 Å². The van der Waals surface area contributed by atoms with Gasteiger partial charge in [0.25, 0.3) is 0 Å². The van der Waals surface area contributed by atoms with Crippen molar-refractivity contribution in [3.05, 3.63) is 12.7 Å². The summed E-state index contributed by atoms with van der Waals surface area (Å²) in [6.45, 7) is 10.8. The van der Waals surface area contributed by atoms with Crippen molar-refractivity contribution >= 4 is 0 Å². The third-order valence-corrected chi connectivity index (χ3v) is 2.95. The molecular formula is C13H26. The number of hydrogen-bond donors (Lipinski definition) is 0. The minimum Gasteiger partial charge on any atom is -0.103 e. The van der Waals surface area contributed by atoms with E-state index in [0.717, 1.165) is 11.8 Å². The van der Waals surface area contributed by atoms with Crippen molar-refractivity contribution in [1.82, 2.24) is 0 Å². The van der Waals surface area contributed by atoms with Crippen LogP contribution in [0.25, 0.3) is 0 Å². The molecule has 0 saturated carbocycles. The highest BCUT2D eigenvalue weighted by atomic mass is 14.2. The number of rotatable bonds is 8. The molecule has 0 aromatic rings. The molecule has 0 bridgehead atoms. The van der Waals surface area contributed by atoms with Crippen LogP contribution < -0.4 is 0 Å². The fourth-order valence-electron chi connectivity index (χ4n) is 2.01. The van der Waals surface area contributed by atoms with E-state index >= 15 is 0 Å². The first kappa shape index (κ1) is 12.7. The molecule has 0 aliphatic carbocycles. The summed E-state index contributed by atoms with van der Waals surface area (Å²) in [7, 11) is 0. The molecular weight excluding hydrogens is 156 g/mol. The zero-order chi connectivity index (χ0) is 10.1. The van der Waals surface area contributed by atoms with Crippen LogP contribution in [0.1, 0.15) is 59.3 Å². The summed E-state index contributed by atoms with van der Waals surface area (Å²) in [5.41, 5.74) is 0. The quantitative estimate of drug-likeness (QED) is 0.473. The molecule has 2 unspecified atom stereocenters. The second-order valence-corrected chi connectivity index (χ2v) is 4.19. The highest BCUT2D eigenvalue weighted by Gasteiger charge is 2.13. The number of hydrogen-bond acceptors (Lipinski definition) is 0. The van der Waals surface area contributed by atoms with E-state index in [4.69, 9.17) is 0 Å². The summed E-state index contributed by atoms with van der Waals surface area (Å²) in [5.74, 6) is 1.77. The van der Waals surface area contributed by atoms with Crippen LogP contribution in [0, 0.1) is 11.8 Å². The lowest BCUT2D eigenvalue weighted by atomic mass is 9.84. The average Bonchev–Trinajstić information content (AvgIpc) is 2.12. The second kappa shape index (κ2) is 8.34. The van der Waals surface area contributed by atoms with Gasteiger partial charge in [0, 0.05) is 0 Å². The zero-order valence-electron chi connectivity index (χ0n) is 9.68. The Labute approximate surface area is 84.4 Å². The van der Waals surface area contributed by atoms with Gasteiger partial charge in [-0.1, -0.05) is 52.5 Å². The van der Waals surface area contributed by atoms with Crippen molar-refractivity contribution in [3.8, 4) is 0 Å². The molecule has 0 fully saturated rings. The van der Waals surface area contributed by atoms with Crippen molar-refractivity contribution in [3.63, 3.8) is 0 Å². The average molecular weight is 182 g/mol. The van der Waals surface area contributed by atoms with E-state index in [-0.39, 0.29) is 0 Å². The Morgan fingerprint density at radius 1 is 1.15 bits per heavy atom. The summed E-state index contributed by atoms with van der Waals surface area (Å²) in [6.07, 6.45) is 10.1. The largest absolute Gasteiger partial charge is 0.103 e. The van der Waals surface area contributed by atoms with Crippen molar-refractivity contribution in [2.45, 2.75) is 59.3 Å². The summed E-state index contributed by atoms with van der Waals surface area (Å²) in [5, 5.41) is 0. The molecule has 0 nitrogen and oxygen atoms in total. The third kappa shape index (κ3) is 5.90. The SMILES string of the molecule is C=CCC(CCCC)C(C)CCC. The Kier molecular flexibility index (Phi) is 8.18. The number of allylic oxidation sites excluding steroid dienone is 1. The van der Waals surface area contributed by atoms with Gasteiger partial charge < -0.3 is 0 Å². The lowest BCUT2D eigenvalue weighted by Gasteiger charge is -2.22. The predicted molar refractivity (Wildman–Crippen MR) is 61.9 cm³/mol. The van der Waals surface area contributed by atoms with Crippen molar-refractivity contribution in [2.24, 2.45) is 11.8 Å². The topological polar surface area (TPSA) is 0 Å². The molecule has 0 saturated heterocycles. The van der Waals surface area contributed by atoms with Gasteiger partial charge in [-0.05, 0) is 24.7 Å². The first-order valence-corrected chi connectivity index (χ1v) is 5.87. The van der Waals surface area contributed by atoms with Crippen LogP contribution in [0.2, 0.25) is 0 Å². The minimum absolute atomic E-state index is 0.884. The molecule has 13 heavy (non-hydrogen) atoms. The van der Waals surface area contributed by atoms with Gasteiger partial charge in [0.2, 0.25) is 0 Å². The molecule has 0 amide bonds.